The van der Waals surface area contributed by atoms with Crippen molar-refractivity contribution in [3.63, 3.8) is 0 Å². The first-order valence-electron chi connectivity index (χ1n) is 5.17. The van der Waals surface area contributed by atoms with Gasteiger partial charge < -0.3 is 0 Å². The molecule has 0 aliphatic rings. The largest absolute Gasteiger partial charge is 0.246 e. The topological polar surface area (TPSA) is 49.6 Å². The smallest absolute Gasteiger partial charge is 0.154 e. The summed E-state index contributed by atoms with van der Waals surface area (Å²) in [6, 6.07) is 9.83. The molecule has 0 saturated heterocycles. The fraction of sp³-hybridized carbons (Fsp3) is 0.154. The van der Waals surface area contributed by atoms with Crippen LogP contribution < -0.4 is 0 Å². The van der Waals surface area contributed by atoms with Crippen LogP contribution in [0.15, 0.2) is 40.4 Å². The highest BCUT2D eigenvalue weighted by molar-refractivity contribution is 7.99. The predicted octanol–water partition coefficient (Wildman–Crippen LogP) is 3.12. The minimum absolute atomic E-state index is 0.443. The number of rotatable bonds is 2. The fourth-order valence-electron chi connectivity index (χ4n) is 1.53. The van der Waals surface area contributed by atoms with Gasteiger partial charge in [-0.05, 0) is 43.7 Å². The van der Waals surface area contributed by atoms with Crippen molar-refractivity contribution in [1.29, 1.82) is 5.26 Å². The van der Waals surface area contributed by atoms with E-state index in [9.17, 15) is 0 Å². The quantitative estimate of drug-likeness (QED) is 0.810. The monoisotopic (exact) mass is 241 g/mol. The van der Waals surface area contributed by atoms with Crippen LogP contribution in [0.5, 0.6) is 0 Å². The summed E-state index contributed by atoms with van der Waals surface area (Å²) in [4.78, 5) is 9.30. The molecule has 0 aliphatic heterocycles. The molecule has 2 heterocycles. The molecule has 84 valence electrons. The molecule has 0 radical (unpaired) electrons. The number of nitriles is 1. The molecule has 2 aromatic heterocycles. The van der Waals surface area contributed by atoms with Gasteiger partial charge in [0.1, 0.15) is 11.1 Å². The van der Waals surface area contributed by atoms with E-state index in [4.69, 9.17) is 5.26 Å². The van der Waals surface area contributed by atoms with Gasteiger partial charge in [0.15, 0.2) is 5.69 Å². The van der Waals surface area contributed by atoms with Crippen molar-refractivity contribution in [2.45, 2.75) is 23.8 Å². The Bertz CT molecular complexity index is 567. The van der Waals surface area contributed by atoms with Gasteiger partial charge in [0, 0.05) is 11.9 Å². The maximum atomic E-state index is 8.96. The molecule has 2 aromatic rings. The average molecular weight is 241 g/mol. The van der Waals surface area contributed by atoms with E-state index in [0.717, 1.165) is 15.6 Å². The molecule has 0 N–H and O–H groups in total. The Kier molecular flexibility index (Phi) is 3.40. The molecule has 2 rings (SSSR count). The molecule has 0 spiro atoms. The Morgan fingerprint density at radius 1 is 1.29 bits per heavy atom. The van der Waals surface area contributed by atoms with Gasteiger partial charge >= 0.3 is 0 Å². The predicted molar refractivity (Wildman–Crippen MR) is 66.8 cm³/mol. The van der Waals surface area contributed by atoms with Crippen LogP contribution in [0.1, 0.15) is 17.0 Å². The minimum Gasteiger partial charge on any atom is -0.246 e. The standard InChI is InChI=1S/C13H11N3S/c1-9-6-10(2)16-13(7-9)17-12-4-3-5-15-11(12)8-14/h3-7H,1-2H3. The summed E-state index contributed by atoms with van der Waals surface area (Å²) in [6.07, 6.45) is 1.62. The highest BCUT2D eigenvalue weighted by Gasteiger charge is 2.06. The highest BCUT2D eigenvalue weighted by Crippen LogP contribution is 2.28. The van der Waals surface area contributed by atoms with Gasteiger partial charge in [-0.25, -0.2) is 9.97 Å². The summed E-state index contributed by atoms with van der Waals surface area (Å²) < 4.78 is 0. The van der Waals surface area contributed by atoms with Crippen LogP contribution >= 0.6 is 11.8 Å². The van der Waals surface area contributed by atoms with Crippen molar-refractivity contribution in [1.82, 2.24) is 9.97 Å². The van der Waals surface area contributed by atoms with Crippen molar-refractivity contribution in [3.8, 4) is 6.07 Å². The van der Waals surface area contributed by atoms with E-state index in [2.05, 4.69) is 16.0 Å². The van der Waals surface area contributed by atoms with Gasteiger partial charge in [-0.1, -0.05) is 11.8 Å². The molecule has 0 atom stereocenters. The fourth-order valence-corrected chi connectivity index (χ4v) is 2.53. The van der Waals surface area contributed by atoms with Gasteiger partial charge in [0.05, 0.1) is 4.90 Å². The maximum Gasteiger partial charge on any atom is 0.154 e. The van der Waals surface area contributed by atoms with E-state index in [1.54, 1.807) is 6.20 Å². The summed E-state index contributed by atoms with van der Waals surface area (Å²) >= 11 is 1.47. The zero-order chi connectivity index (χ0) is 12.3. The molecule has 0 saturated carbocycles. The van der Waals surface area contributed by atoms with Crippen LogP contribution in [0, 0.1) is 25.2 Å². The van der Waals surface area contributed by atoms with Crippen molar-refractivity contribution >= 4 is 11.8 Å². The number of nitrogens with zero attached hydrogens (tertiary/aromatic N) is 3. The second-order valence-electron chi connectivity index (χ2n) is 3.69. The third-order valence-corrected chi connectivity index (χ3v) is 3.13. The second kappa shape index (κ2) is 4.98. The summed E-state index contributed by atoms with van der Waals surface area (Å²) in [7, 11) is 0. The van der Waals surface area contributed by atoms with Crippen LogP contribution in [0.2, 0.25) is 0 Å². The summed E-state index contributed by atoms with van der Waals surface area (Å²) in [5.41, 5.74) is 2.59. The van der Waals surface area contributed by atoms with Crippen molar-refractivity contribution in [2.75, 3.05) is 0 Å². The summed E-state index contributed by atoms with van der Waals surface area (Å²) in [5.74, 6) is 0. The molecule has 0 unspecified atom stereocenters. The Labute approximate surface area is 105 Å². The van der Waals surface area contributed by atoms with Gasteiger partial charge in [-0.15, -0.1) is 0 Å². The highest BCUT2D eigenvalue weighted by atomic mass is 32.2. The molecule has 0 amide bonds. The minimum atomic E-state index is 0.443. The third kappa shape index (κ3) is 2.83. The third-order valence-electron chi connectivity index (χ3n) is 2.17. The maximum absolute atomic E-state index is 8.96. The van der Waals surface area contributed by atoms with Crippen LogP contribution in [-0.2, 0) is 0 Å². The van der Waals surface area contributed by atoms with Gasteiger partial charge in [0.2, 0.25) is 0 Å². The van der Waals surface area contributed by atoms with E-state index < -0.39 is 0 Å². The number of aryl methyl sites for hydroxylation is 2. The lowest BCUT2D eigenvalue weighted by molar-refractivity contribution is 1.04. The number of pyridine rings is 2. The molecule has 0 aromatic carbocycles. The van der Waals surface area contributed by atoms with Crippen molar-refractivity contribution < 1.29 is 0 Å². The van der Waals surface area contributed by atoms with Crippen LogP contribution in [-0.4, -0.2) is 9.97 Å². The Balaban J connectivity index is 2.35. The first-order valence-corrected chi connectivity index (χ1v) is 5.99. The number of aromatic nitrogens is 2. The van der Waals surface area contributed by atoms with Gasteiger partial charge in [0.25, 0.3) is 0 Å². The summed E-state index contributed by atoms with van der Waals surface area (Å²) in [5, 5.41) is 9.85. The molecular weight excluding hydrogens is 230 g/mol. The molecule has 0 bridgehead atoms. The van der Waals surface area contributed by atoms with E-state index in [1.165, 1.54) is 17.3 Å². The SMILES string of the molecule is Cc1cc(C)nc(Sc2cccnc2C#N)c1. The second-order valence-corrected chi connectivity index (χ2v) is 4.75. The first kappa shape index (κ1) is 11.6. The first-order chi connectivity index (χ1) is 8.19. The lowest BCUT2D eigenvalue weighted by Gasteiger charge is -2.04. The van der Waals surface area contributed by atoms with Crippen LogP contribution in [0.3, 0.4) is 0 Å². The molecule has 17 heavy (non-hydrogen) atoms. The normalized spacial score (nSPS) is 9.94. The van der Waals surface area contributed by atoms with E-state index >= 15 is 0 Å². The number of hydrogen-bond acceptors (Lipinski definition) is 4. The van der Waals surface area contributed by atoms with Crippen LogP contribution in [0.25, 0.3) is 0 Å². The number of hydrogen-bond donors (Lipinski definition) is 0. The van der Waals surface area contributed by atoms with Gasteiger partial charge in [-0.3, -0.25) is 0 Å². The Hall–Kier alpha value is -1.86. The Morgan fingerprint density at radius 2 is 2.12 bits per heavy atom. The molecular formula is C13H11N3S. The van der Waals surface area contributed by atoms with Crippen molar-refractivity contribution in [3.05, 3.63) is 47.4 Å². The van der Waals surface area contributed by atoms with Gasteiger partial charge in [-0.2, -0.15) is 5.26 Å². The average Bonchev–Trinajstić information content (AvgIpc) is 2.28. The lowest BCUT2D eigenvalue weighted by atomic mass is 10.3. The zero-order valence-corrected chi connectivity index (χ0v) is 10.5. The molecule has 4 heteroatoms. The lowest BCUT2D eigenvalue weighted by Crippen LogP contribution is -1.89. The zero-order valence-electron chi connectivity index (χ0n) is 9.64. The molecule has 3 nitrogen and oxygen atoms in total. The Morgan fingerprint density at radius 3 is 2.82 bits per heavy atom. The van der Waals surface area contributed by atoms with Crippen LogP contribution in [0.4, 0.5) is 0 Å². The van der Waals surface area contributed by atoms with Crippen molar-refractivity contribution in [2.24, 2.45) is 0 Å². The molecule has 0 fully saturated rings. The van der Waals surface area contributed by atoms with E-state index in [0.29, 0.717) is 5.69 Å². The molecule has 0 aliphatic carbocycles. The van der Waals surface area contributed by atoms with E-state index in [1.807, 2.05) is 38.1 Å². The van der Waals surface area contributed by atoms with E-state index in [-0.39, 0.29) is 0 Å². The summed E-state index contributed by atoms with van der Waals surface area (Å²) in [6.45, 7) is 4.00.